The predicted octanol–water partition coefficient (Wildman–Crippen LogP) is 1.76. The van der Waals surface area contributed by atoms with Gasteiger partial charge in [0.2, 0.25) is 0 Å². The average molecular weight is 223 g/mol. The highest BCUT2D eigenvalue weighted by atomic mass is 32.1. The van der Waals surface area contributed by atoms with E-state index in [1.54, 1.807) is 0 Å². The quantitative estimate of drug-likeness (QED) is 0.766. The SMILES string of the molecule is Cc1cccc(CNC(=S)NC(C)C)n1. The highest BCUT2D eigenvalue weighted by molar-refractivity contribution is 7.80. The first-order valence-electron chi connectivity index (χ1n) is 5.05. The van der Waals surface area contributed by atoms with Crippen LogP contribution < -0.4 is 10.6 Å². The van der Waals surface area contributed by atoms with E-state index in [-0.39, 0.29) is 0 Å². The van der Waals surface area contributed by atoms with Gasteiger partial charge in [-0.1, -0.05) is 6.07 Å². The molecule has 0 amide bonds. The van der Waals surface area contributed by atoms with Crippen LogP contribution in [-0.4, -0.2) is 16.1 Å². The molecule has 0 saturated heterocycles. The summed E-state index contributed by atoms with van der Waals surface area (Å²) < 4.78 is 0. The van der Waals surface area contributed by atoms with Gasteiger partial charge in [-0.15, -0.1) is 0 Å². The highest BCUT2D eigenvalue weighted by Crippen LogP contribution is 1.97. The minimum Gasteiger partial charge on any atom is -0.361 e. The Kier molecular flexibility index (Phi) is 4.49. The second-order valence-electron chi connectivity index (χ2n) is 3.75. The molecule has 0 aliphatic heterocycles. The van der Waals surface area contributed by atoms with Crippen molar-refractivity contribution < 1.29 is 0 Å². The number of aryl methyl sites for hydroxylation is 1. The molecule has 0 spiro atoms. The van der Waals surface area contributed by atoms with Gasteiger partial charge >= 0.3 is 0 Å². The number of nitrogens with one attached hydrogen (secondary N) is 2. The number of nitrogens with zero attached hydrogens (tertiary/aromatic N) is 1. The molecule has 2 N–H and O–H groups in total. The Bertz CT molecular complexity index is 336. The third-order valence-corrected chi connectivity index (χ3v) is 2.06. The van der Waals surface area contributed by atoms with E-state index in [1.807, 2.05) is 25.1 Å². The normalized spacial score (nSPS) is 10.1. The Morgan fingerprint density at radius 3 is 2.80 bits per heavy atom. The molecule has 0 aliphatic rings. The van der Waals surface area contributed by atoms with E-state index < -0.39 is 0 Å². The molecule has 82 valence electrons. The number of rotatable bonds is 3. The van der Waals surface area contributed by atoms with Crippen molar-refractivity contribution in [3.8, 4) is 0 Å². The van der Waals surface area contributed by atoms with Gasteiger partial charge in [0, 0.05) is 11.7 Å². The van der Waals surface area contributed by atoms with E-state index in [0.29, 0.717) is 17.7 Å². The lowest BCUT2D eigenvalue weighted by Crippen LogP contribution is -2.38. The molecule has 1 heterocycles. The van der Waals surface area contributed by atoms with Crippen LogP contribution in [0, 0.1) is 6.92 Å². The van der Waals surface area contributed by atoms with E-state index in [1.165, 1.54) is 0 Å². The molecule has 1 rings (SSSR count). The van der Waals surface area contributed by atoms with Crippen LogP contribution in [0.1, 0.15) is 25.2 Å². The maximum Gasteiger partial charge on any atom is 0.166 e. The lowest BCUT2D eigenvalue weighted by molar-refractivity contribution is 0.709. The third kappa shape index (κ3) is 4.74. The van der Waals surface area contributed by atoms with Crippen LogP contribution in [0.2, 0.25) is 0 Å². The second-order valence-corrected chi connectivity index (χ2v) is 4.16. The Hall–Kier alpha value is -1.16. The Morgan fingerprint density at radius 1 is 1.47 bits per heavy atom. The van der Waals surface area contributed by atoms with Crippen LogP contribution in [0.5, 0.6) is 0 Å². The van der Waals surface area contributed by atoms with Crippen LogP contribution in [0.3, 0.4) is 0 Å². The molecule has 0 atom stereocenters. The molecular weight excluding hydrogens is 206 g/mol. The number of hydrogen-bond acceptors (Lipinski definition) is 2. The van der Waals surface area contributed by atoms with Crippen LogP contribution in [-0.2, 0) is 6.54 Å². The fraction of sp³-hybridized carbons (Fsp3) is 0.455. The van der Waals surface area contributed by atoms with Gasteiger partial charge in [-0.2, -0.15) is 0 Å². The lowest BCUT2D eigenvalue weighted by Gasteiger charge is -2.12. The van der Waals surface area contributed by atoms with Crippen molar-refractivity contribution in [2.24, 2.45) is 0 Å². The van der Waals surface area contributed by atoms with Gasteiger partial charge < -0.3 is 10.6 Å². The number of hydrogen-bond donors (Lipinski definition) is 2. The first kappa shape index (κ1) is 11.9. The zero-order valence-electron chi connectivity index (χ0n) is 9.37. The molecule has 0 bridgehead atoms. The van der Waals surface area contributed by atoms with Gasteiger partial charge in [-0.3, -0.25) is 4.98 Å². The molecule has 15 heavy (non-hydrogen) atoms. The van der Waals surface area contributed by atoms with Gasteiger partial charge in [-0.05, 0) is 45.1 Å². The van der Waals surface area contributed by atoms with Crippen molar-refractivity contribution in [1.29, 1.82) is 0 Å². The van der Waals surface area contributed by atoms with Crippen molar-refractivity contribution in [2.75, 3.05) is 0 Å². The summed E-state index contributed by atoms with van der Waals surface area (Å²) in [4.78, 5) is 4.37. The molecule has 0 radical (unpaired) electrons. The largest absolute Gasteiger partial charge is 0.361 e. The zero-order chi connectivity index (χ0) is 11.3. The van der Waals surface area contributed by atoms with E-state index >= 15 is 0 Å². The summed E-state index contributed by atoms with van der Waals surface area (Å²) in [7, 11) is 0. The van der Waals surface area contributed by atoms with E-state index in [9.17, 15) is 0 Å². The predicted molar refractivity (Wildman–Crippen MR) is 66.7 cm³/mol. The minimum absolute atomic E-state index is 0.357. The summed E-state index contributed by atoms with van der Waals surface area (Å²) in [6, 6.07) is 6.32. The van der Waals surface area contributed by atoms with Gasteiger partial charge in [0.15, 0.2) is 5.11 Å². The molecule has 1 aromatic heterocycles. The summed E-state index contributed by atoms with van der Waals surface area (Å²) in [6.07, 6.45) is 0. The van der Waals surface area contributed by atoms with Crippen molar-refractivity contribution >= 4 is 17.3 Å². The van der Waals surface area contributed by atoms with Crippen LogP contribution in [0.25, 0.3) is 0 Å². The molecule has 1 aromatic rings. The van der Waals surface area contributed by atoms with Crippen LogP contribution in [0.4, 0.5) is 0 Å². The van der Waals surface area contributed by atoms with Crippen LogP contribution in [0.15, 0.2) is 18.2 Å². The highest BCUT2D eigenvalue weighted by Gasteiger charge is 1.99. The van der Waals surface area contributed by atoms with E-state index in [2.05, 4.69) is 29.5 Å². The zero-order valence-corrected chi connectivity index (χ0v) is 10.2. The molecule has 0 saturated carbocycles. The van der Waals surface area contributed by atoms with Crippen molar-refractivity contribution in [3.63, 3.8) is 0 Å². The fourth-order valence-electron chi connectivity index (χ4n) is 1.18. The van der Waals surface area contributed by atoms with Crippen molar-refractivity contribution in [2.45, 2.75) is 33.4 Å². The van der Waals surface area contributed by atoms with Gasteiger partial charge in [0.1, 0.15) is 0 Å². The van der Waals surface area contributed by atoms with E-state index in [0.717, 1.165) is 11.4 Å². The van der Waals surface area contributed by atoms with Crippen molar-refractivity contribution in [1.82, 2.24) is 15.6 Å². The number of pyridine rings is 1. The molecule has 3 nitrogen and oxygen atoms in total. The van der Waals surface area contributed by atoms with E-state index in [4.69, 9.17) is 12.2 Å². The molecule has 0 aliphatic carbocycles. The fourth-order valence-corrected chi connectivity index (χ4v) is 1.49. The summed E-state index contributed by atoms with van der Waals surface area (Å²) in [5.74, 6) is 0. The topological polar surface area (TPSA) is 37.0 Å². The monoisotopic (exact) mass is 223 g/mol. The molecule has 4 heteroatoms. The van der Waals surface area contributed by atoms with Gasteiger partial charge in [-0.25, -0.2) is 0 Å². The summed E-state index contributed by atoms with van der Waals surface area (Å²) >= 11 is 5.11. The maximum atomic E-state index is 5.11. The molecule has 0 unspecified atom stereocenters. The summed E-state index contributed by atoms with van der Waals surface area (Å²) in [6.45, 7) is 6.76. The van der Waals surface area contributed by atoms with Crippen LogP contribution >= 0.6 is 12.2 Å². The first-order valence-corrected chi connectivity index (χ1v) is 5.45. The molecule has 0 fully saturated rings. The Balaban J connectivity index is 2.40. The second kappa shape index (κ2) is 5.66. The van der Waals surface area contributed by atoms with Gasteiger partial charge in [0.25, 0.3) is 0 Å². The molecular formula is C11H17N3S. The standard InChI is InChI=1S/C11H17N3S/c1-8(2)13-11(15)12-7-10-6-4-5-9(3)14-10/h4-6,8H,7H2,1-3H3,(H2,12,13,15). The van der Waals surface area contributed by atoms with Crippen molar-refractivity contribution in [3.05, 3.63) is 29.6 Å². The Morgan fingerprint density at radius 2 is 2.20 bits per heavy atom. The number of thiocarbonyl (C=S) groups is 1. The number of aromatic nitrogens is 1. The maximum absolute atomic E-state index is 5.11. The smallest absolute Gasteiger partial charge is 0.166 e. The van der Waals surface area contributed by atoms with Gasteiger partial charge in [0.05, 0.1) is 12.2 Å². The molecule has 0 aromatic carbocycles. The third-order valence-electron chi connectivity index (χ3n) is 1.80. The first-order chi connectivity index (χ1) is 7.08. The minimum atomic E-state index is 0.357. The Labute approximate surface area is 96.3 Å². The summed E-state index contributed by atoms with van der Waals surface area (Å²) in [5.41, 5.74) is 2.03. The average Bonchev–Trinajstić information content (AvgIpc) is 2.14. The summed E-state index contributed by atoms with van der Waals surface area (Å²) in [5, 5.41) is 6.91. The lowest BCUT2D eigenvalue weighted by atomic mass is 10.3.